The molecular weight excluding hydrogens is 608 g/mol. The van der Waals surface area contributed by atoms with Crippen molar-refractivity contribution in [3.8, 4) is 17.2 Å². The highest BCUT2D eigenvalue weighted by atomic mass is 79.9. The van der Waals surface area contributed by atoms with Gasteiger partial charge < -0.3 is 18.9 Å². The van der Waals surface area contributed by atoms with Gasteiger partial charge in [-0.25, -0.2) is 9.79 Å². The molecule has 0 radical (unpaired) electrons. The molecule has 2 aromatic carbocycles. The fraction of sp³-hybridized carbons (Fsp3) is 0.323. The van der Waals surface area contributed by atoms with Crippen molar-refractivity contribution in [1.82, 2.24) is 4.57 Å². The molecule has 3 aromatic rings. The Morgan fingerprint density at radius 2 is 1.93 bits per heavy atom. The number of allylic oxidation sites excluding steroid dienone is 1. The molecule has 0 fully saturated rings. The number of para-hydroxylation sites is 1. The molecule has 1 aromatic heterocycles. The first-order valence-corrected chi connectivity index (χ1v) is 15.0. The zero-order chi connectivity index (χ0) is 29.7. The van der Waals surface area contributed by atoms with Crippen LogP contribution in [0.25, 0.3) is 6.08 Å². The number of esters is 1. The Hall–Kier alpha value is -3.63. The molecule has 1 aliphatic heterocycles. The van der Waals surface area contributed by atoms with E-state index in [2.05, 4.69) is 27.5 Å². The Balaban J connectivity index is 1.94. The molecule has 8 nitrogen and oxygen atoms in total. The van der Waals surface area contributed by atoms with Crippen molar-refractivity contribution in [2.45, 2.75) is 46.8 Å². The van der Waals surface area contributed by atoms with Crippen LogP contribution in [0, 0.1) is 0 Å². The van der Waals surface area contributed by atoms with Gasteiger partial charge in [0.15, 0.2) is 16.3 Å². The molecule has 1 atom stereocenters. The van der Waals surface area contributed by atoms with Gasteiger partial charge in [0.05, 0.1) is 39.6 Å². The lowest BCUT2D eigenvalue weighted by Crippen LogP contribution is -2.40. The van der Waals surface area contributed by atoms with Crippen LogP contribution in [0.4, 0.5) is 0 Å². The SMILES string of the molecule is C=CCOc1c(Br)cc(/C=c2\sc3n(c2=O)[C@H](c2ccccc2OC(C)C)C(C(=O)OCC)=C(C)N=3)cc1OCC. The average molecular weight is 642 g/mol. The first kappa shape index (κ1) is 30.3. The second kappa shape index (κ2) is 13.4. The third kappa shape index (κ3) is 6.49. The monoisotopic (exact) mass is 640 g/mol. The van der Waals surface area contributed by atoms with Gasteiger partial charge in [-0.2, -0.15) is 0 Å². The van der Waals surface area contributed by atoms with Gasteiger partial charge in [-0.3, -0.25) is 9.36 Å². The van der Waals surface area contributed by atoms with Gasteiger partial charge in [0.25, 0.3) is 5.56 Å². The van der Waals surface area contributed by atoms with E-state index >= 15 is 0 Å². The minimum Gasteiger partial charge on any atom is -0.491 e. The number of ether oxygens (including phenoxy) is 4. The van der Waals surface area contributed by atoms with Gasteiger partial charge in [0.2, 0.25) is 0 Å². The number of aromatic nitrogens is 1. The fourth-order valence-corrected chi connectivity index (χ4v) is 6.14. The van der Waals surface area contributed by atoms with Crippen molar-refractivity contribution in [1.29, 1.82) is 0 Å². The molecule has 0 N–H and O–H groups in total. The number of halogens is 1. The summed E-state index contributed by atoms with van der Waals surface area (Å²) in [5.41, 5.74) is 1.92. The maximum absolute atomic E-state index is 14.1. The summed E-state index contributed by atoms with van der Waals surface area (Å²) in [6.07, 6.45) is 3.33. The molecule has 10 heteroatoms. The number of thiazole rings is 1. The summed E-state index contributed by atoms with van der Waals surface area (Å²) in [6, 6.07) is 10.3. The smallest absolute Gasteiger partial charge is 0.338 e. The lowest BCUT2D eigenvalue weighted by molar-refractivity contribution is -0.139. The lowest BCUT2D eigenvalue weighted by Gasteiger charge is -2.26. The molecule has 0 bridgehead atoms. The van der Waals surface area contributed by atoms with Gasteiger partial charge >= 0.3 is 5.97 Å². The normalized spacial score (nSPS) is 14.9. The summed E-state index contributed by atoms with van der Waals surface area (Å²) < 4.78 is 25.8. The minimum absolute atomic E-state index is 0.112. The van der Waals surface area contributed by atoms with Crippen LogP contribution in [0.2, 0.25) is 0 Å². The van der Waals surface area contributed by atoms with Crippen LogP contribution in [-0.2, 0) is 9.53 Å². The number of carbonyl (C=O) groups is 1. The summed E-state index contributed by atoms with van der Waals surface area (Å²) in [5.74, 6) is 1.16. The topological polar surface area (TPSA) is 88.4 Å². The van der Waals surface area contributed by atoms with E-state index in [1.807, 2.05) is 57.2 Å². The molecule has 0 aliphatic carbocycles. The molecule has 0 saturated carbocycles. The Bertz CT molecular complexity index is 1670. The summed E-state index contributed by atoms with van der Waals surface area (Å²) in [7, 11) is 0. The van der Waals surface area contributed by atoms with E-state index in [0.717, 1.165) is 5.56 Å². The van der Waals surface area contributed by atoms with E-state index in [9.17, 15) is 9.59 Å². The van der Waals surface area contributed by atoms with Gasteiger partial charge in [-0.05, 0) is 80.4 Å². The van der Waals surface area contributed by atoms with E-state index in [4.69, 9.17) is 18.9 Å². The lowest BCUT2D eigenvalue weighted by atomic mass is 9.95. The average Bonchev–Trinajstić information content (AvgIpc) is 3.22. The summed E-state index contributed by atoms with van der Waals surface area (Å²) >= 11 is 4.82. The van der Waals surface area contributed by atoms with E-state index in [-0.39, 0.29) is 18.3 Å². The van der Waals surface area contributed by atoms with Crippen LogP contribution >= 0.6 is 27.3 Å². The Morgan fingerprint density at radius 3 is 2.61 bits per heavy atom. The number of nitrogens with zero attached hydrogens (tertiary/aromatic N) is 2. The van der Waals surface area contributed by atoms with Crippen molar-refractivity contribution in [3.05, 3.63) is 95.6 Å². The molecule has 1 aliphatic rings. The molecule has 41 heavy (non-hydrogen) atoms. The molecule has 0 amide bonds. The Morgan fingerprint density at radius 1 is 1.17 bits per heavy atom. The van der Waals surface area contributed by atoms with E-state index < -0.39 is 12.0 Å². The highest BCUT2D eigenvalue weighted by Gasteiger charge is 2.35. The number of carbonyl (C=O) groups excluding carboxylic acids is 1. The second-order valence-electron chi connectivity index (χ2n) is 9.37. The van der Waals surface area contributed by atoms with Crippen molar-refractivity contribution in [2.24, 2.45) is 4.99 Å². The predicted octanol–water partition coefficient (Wildman–Crippen LogP) is 5.31. The second-order valence-corrected chi connectivity index (χ2v) is 11.2. The standard InChI is InChI=1S/C31H33BrN2O6S/c1-7-14-39-28-22(32)15-20(16-24(28)37-8-2)17-25-29(35)34-27(21-12-10-11-13-23(21)40-18(4)5)26(30(36)38-9-3)19(6)33-31(34)41-25/h7,10-13,15-18,27H,1,8-9,14H2,2-6H3/b25-17-/t27-/m1/s1. The zero-order valence-electron chi connectivity index (χ0n) is 23.7. The first-order chi connectivity index (χ1) is 19.7. The third-order valence-corrected chi connectivity index (χ3v) is 7.64. The first-order valence-electron chi connectivity index (χ1n) is 13.3. The fourth-order valence-electron chi connectivity index (χ4n) is 4.52. The highest BCUT2D eigenvalue weighted by molar-refractivity contribution is 9.10. The molecule has 0 spiro atoms. The maximum atomic E-state index is 14.1. The number of fused-ring (bicyclic) bond motifs is 1. The van der Waals surface area contributed by atoms with Gasteiger partial charge in [-0.15, -0.1) is 0 Å². The van der Waals surface area contributed by atoms with Crippen molar-refractivity contribution >= 4 is 39.3 Å². The summed E-state index contributed by atoms with van der Waals surface area (Å²) in [4.78, 5) is 32.5. The van der Waals surface area contributed by atoms with Gasteiger partial charge in [-0.1, -0.05) is 42.2 Å². The molecule has 2 heterocycles. The molecule has 4 rings (SSSR count). The Kier molecular flexibility index (Phi) is 9.88. The van der Waals surface area contributed by atoms with Gasteiger partial charge in [0.1, 0.15) is 18.4 Å². The van der Waals surface area contributed by atoms with Crippen LogP contribution in [-0.4, -0.2) is 36.5 Å². The third-order valence-electron chi connectivity index (χ3n) is 6.07. The quantitative estimate of drug-likeness (QED) is 0.208. The summed E-state index contributed by atoms with van der Waals surface area (Å²) in [6.45, 7) is 13.9. The number of hydrogen-bond donors (Lipinski definition) is 0. The van der Waals surface area contributed by atoms with Crippen molar-refractivity contribution in [2.75, 3.05) is 19.8 Å². The highest BCUT2D eigenvalue weighted by Crippen LogP contribution is 2.38. The van der Waals surface area contributed by atoms with E-state index in [1.54, 1.807) is 30.6 Å². The maximum Gasteiger partial charge on any atom is 0.338 e. The molecule has 0 saturated heterocycles. The molecule has 216 valence electrons. The van der Waals surface area contributed by atoms with E-state index in [1.165, 1.54) is 11.3 Å². The van der Waals surface area contributed by atoms with Crippen LogP contribution in [0.3, 0.4) is 0 Å². The minimum atomic E-state index is -0.775. The van der Waals surface area contributed by atoms with E-state index in [0.29, 0.717) is 61.1 Å². The van der Waals surface area contributed by atoms with Crippen LogP contribution in [0.5, 0.6) is 17.2 Å². The largest absolute Gasteiger partial charge is 0.491 e. The van der Waals surface area contributed by atoms with Crippen molar-refractivity contribution < 1.29 is 23.7 Å². The molecular formula is C31H33BrN2O6S. The molecule has 0 unspecified atom stereocenters. The van der Waals surface area contributed by atoms with Crippen LogP contribution < -0.4 is 29.1 Å². The van der Waals surface area contributed by atoms with Crippen LogP contribution in [0.15, 0.2) is 74.6 Å². The van der Waals surface area contributed by atoms with Gasteiger partial charge in [0, 0.05) is 5.56 Å². The number of rotatable bonds is 11. The zero-order valence-corrected chi connectivity index (χ0v) is 26.1. The number of benzene rings is 2. The predicted molar refractivity (Wildman–Crippen MR) is 164 cm³/mol. The van der Waals surface area contributed by atoms with Crippen LogP contribution in [0.1, 0.15) is 51.8 Å². The summed E-state index contributed by atoms with van der Waals surface area (Å²) in [5, 5.41) is 0. The van der Waals surface area contributed by atoms with Crippen molar-refractivity contribution in [3.63, 3.8) is 0 Å². The number of hydrogen-bond acceptors (Lipinski definition) is 8. The Labute approximate surface area is 251 Å².